The maximum absolute atomic E-state index is 13.4. The normalized spacial score (nSPS) is 15.7. The molecule has 1 N–H and O–H groups in total. The van der Waals surface area contributed by atoms with E-state index in [0.717, 1.165) is 12.8 Å². The molecule has 8 heteroatoms. The van der Waals surface area contributed by atoms with Gasteiger partial charge in [-0.2, -0.15) is 0 Å². The standard InChI is InChI=1S/C23H25N3O5/c1-29-19-10-9-15(12-20(19)30-2)23(28)26(13-16-6-5-11-31-16)14-21-24-18-8-4-3-7-17(18)22(27)25-21/h3-4,7-10,12,16H,5-6,11,13-14H2,1-2H3,(H,24,25,27). The van der Waals surface area contributed by atoms with Crippen LogP contribution in [0.5, 0.6) is 11.5 Å². The van der Waals surface area contributed by atoms with Gasteiger partial charge in [0.2, 0.25) is 0 Å². The highest BCUT2D eigenvalue weighted by Gasteiger charge is 2.25. The second-order valence-electron chi connectivity index (χ2n) is 7.42. The summed E-state index contributed by atoms with van der Waals surface area (Å²) in [5.74, 6) is 1.25. The van der Waals surface area contributed by atoms with Gasteiger partial charge in [-0.25, -0.2) is 4.98 Å². The predicted molar refractivity (Wildman–Crippen MR) is 116 cm³/mol. The first-order valence-corrected chi connectivity index (χ1v) is 10.2. The highest BCUT2D eigenvalue weighted by atomic mass is 16.5. The number of aromatic amines is 1. The van der Waals surface area contributed by atoms with Crippen LogP contribution < -0.4 is 15.0 Å². The summed E-state index contributed by atoms with van der Waals surface area (Å²) in [6, 6.07) is 12.2. The van der Waals surface area contributed by atoms with Gasteiger partial charge in [0, 0.05) is 18.7 Å². The Bertz CT molecular complexity index is 1140. The average Bonchev–Trinajstić information content (AvgIpc) is 3.31. The molecule has 4 rings (SSSR count). The van der Waals surface area contributed by atoms with Crippen LogP contribution in [-0.4, -0.2) is 54.3 Å². The molecule has 8 nitrogen and oxygen atoms in total. The van der Waals surface area contributed by atoms with E-state index < -0.39 is 0 Å². The fraction of sp³-hybridized carbons (Fsp3) is 0.348. The third kappa shape index (κ3) is 4.54. The third-order valence-corrected chi connectivity index (χ3v) is 5.37. The second-order valence-corrected chi connectivity index (χ2v) is 7.42. The summed E-state index contributed by atoms with van der Waals surface area (Å²) in [7, 11) is 3.07. The van der Waals surface area contributed by atoms with E-state index in [-0.39, 0.29) is 24.1 Å². The van der Waals surface area contributed by atoms with Crippen LogP contribution in [0.4, 0.5) is 0 Å². The molecule has 0 aliphatic carbocycles. The Hall–Kier alpha value is -3.39. The van der Waals surface area contributed by atoms with E-state index in [2.05, 4.69) is 9.97 Å². The molecule has 0 bridgehead atoms. The van der Waals surface area contributed by atoms with Crippen LogP contribution in [-0.2, 0) is 11.3 Å². The average molecular weight is 423 g/mol. The number of methoxy groups -OCH3 is 2. The quantitative estimate of drug-likeness (QED) is 0.628. The number of ether oxygens (including phenoxy) is 3. The van der Waals surface area contributed by atoms with Gasteiger partial charge in [0.1, 0.15) is 5.82 Å². The number of aromatic nitrogens is 2. The number of nitrogens with zero attached hydrogens (tertiary/aromatic N) is 2. The summed E-state index contributed by atoms with van der Waals surface area (Å²) in [4.78, 5) is 34.9. The Morgan fingerprint density at radius 3 is 2.74 bits per heavy atom. The lowest BCUT2D eigenvalue weighted by atomic mass is 10.1. The molecule has 2 heterocycles. The number of nitrogens with one attached hydrogen (secondary N) is 1. The highest BCUT2D eigenvalue weighted by Crippen LogP contribution is 2.28. The molecular formula is C23H25N3O5. The SMILES string of the molecule is COc1ccc(C(=O)N(Cc2nc3ccccc3c(=O)[nH]2)CC2CCCO2)cc1OC. The Labute approximate surface area is 179 Å². The fourth-order valence-electron chi connectivity index (χ4n) is 3.80. The summed E-state index contributed by atoms with van der Waals surface area (Å²) in [6.45, 7) is 1.25. The van der Waals surface area contributed by atoms with Crippen LogP contribution in [0.1, 0.15) is 29.0 Å². The third-order valence-electron chi connectivity index (χ3n) is 5.37. The lowest BCUT2D eigenvalue weighted by Gasteiger charge is -2.25. The van der Waals surface area contributed by atoms with Gasteiger partial charge in [-0.05, 0) is 43.2 Å². The van der Waals surface area contributed by atoms with Crippen molar-refractivity contribution in [2.24, 2.45) is 0 Å². The van der Waals surface area contributed by atoms with Gasteiger partial charge < -0.3 is 24.1 Å². The van der Waals surface area contributed by atoms with Crippen molar-refractivity contribution in [2.45, 2.75) is 25.5 Å². The van der Waals surface area contributed by atoms with Crippen molar-refractivity contribution in [1.29, 1.82) is 0 Å². The van der Waals surface area contributed by atoms with Crippen molar-refractivity contribution in [3.05, 3.63) is 64.2 Å². The zero-order valence-corrected chi connectivity index (χ0v) is 17.6. The van der Waals surface area contributed by atoms with Crippen LogP contribution in [0.3, 0.4) is 0 Å². The number of amides is 1. The Morgan fingerprint density at radius 2 is 2.00 bits per heavy atom. The van der Waals surface area contributed by atoms with Gasteiger partial charge in [-0.15, -0.1) is 0 Å². The van der Waals surface area contributed by atoms with E-state index in [1.165, 1.54) is 7.11 Å². The maximum atomic E-state index is 13.4. The van der Waals surface area contributed by atoms with Gasteiger partial charge in [-0.1, -0.05) is 12.1 Å². The molecule has 162 valence electrons. The van der Waals surface area contributed by atoms with E-state index >= 15 is 0 Å². The highest BCUT2D eigenvalue weighted by molar-refractivity contribution is 5.95. The first-order chi connectivity index (χ1) is 15.1. The number of H-pyrrole nitrogens is 1. The number of para-hydroxylation sites is 1. The van der Waals surface area contributed by atoms with Gasteiger partial charge in [-0.3, -0.25) is 9.59 Å². The number of benzene rings is 2. The van der Waals surface area contributed by atoms with Crippen LogP contribution in [0, 0.1) is 0 Å². The molecule has 0 spiro atoms. The van der Waals surface area contributed by atoms with Crippen molar-refractivity contribution < 1.29 is 19.0 Å². The zero-order chi connectivity index (χ0) is 21.8. The minimum Gasteiger partial charge on any atom is -0.493 e. The molecule has 1 amide bonds. The summed E-state index contributed by atoms with van der Waals surface area (Å²) >= 11 is 0. The number of carbonyl (C=O) groups excluding carboxylic acids is 1. The van der Waals surface area contributed by atoms with Crippen LogP contribution in [0.2, 0.25) is 0 Å². The smallest absolute Gasteiger partial charge is 0.258 e. The number of fused-ring (bicyclic) bond motifs is 1. The van der Waals surface area contributed by atoms with Gasteiger partial charge in [0.15, 0.2) is 11.5 Å². The molecule has 1 saturated heterocycles. The van der Waals surface area contributed by atoms with E-state index in [1.54, 1.807) is 48.4 Å². The first kappa shape index (κ1) is 20.9. The van der Waals surface area contributed by atoms with Crippen molar-refractivity contribution in [1.82, 2.24) is 14.9 Å². The molecule has 1 aliphatic heterocycles. The lowest BCUT2D eigenvalue weighted by molar-refractivity contribution is 0.0501. The van der Waals surface area contributed by atoms with Gasteiger partial charge in [0.05, 0.1) is 37.8 Å². The van der Waals surface area contributed by atoms with E-state index in [1.807, 2.05) is 6.07 Å². The second kappa shape index (κ2) is 9.18. The van der Waals surface area contributed by atoms with Crippen molar-refractivity contribution in [2.75, 3.05) is 27.4 Å². The van der Waals surface area contributed by atoms with Gasteiger partial charge >= 0.3 is 0 Å². The minimum atomic E-state index is -0.226. The van der Waals surface area contributed by atoms with Gasteiger partial charge in [0.25, 0.3) is 11.5 Å². The lowest BCUT2D eigenvalue weighted by Crippen LogP contribution is -2.37. The topological polar surface area (TPSA) is 93.8 Å². The van der Waals surface area contributed by atoms with E-state index in [9.17, 15) is 9.59 Å². The molecule has 1 unspecified atom stereocenters. The van der Waals surface area contributed by atoms with Crippen molar-refractivity contribution >= 4 is 16.8 Å². The Balaban J connectivity index is 1.65. The molecule has 0 radical (unpaired) electrons. The number of hydrogen-bond acceptors (Lipinski definition) is 6. The molecule has 1 aliphatic rings. The Kier molecular flexibility index (Phi) is 6.18. The summed E-state index contributed by atoms with van der Waals surface area (Å²) < 4.78 is 16.4. The van der Waals surface area contributed by atoms with E-state index in [4.69, 9.17) is 14.2 Å². The largest absolute Gasteiger partial charge is 0.493 e. The molecular weight excluding hydrogens is 398 g/mol. The molecule has 1 atom stereocenters. The monoisotopic (exact) mass is 423 g/mol. The van der Waals surface area contributed by atoms with Crippen molar-refractivity contribution in [3.8, 4) is 11.5 Å². The van der Waals surface area contributed by atoms with Crippen LogP contribution in [0.15, 0.2) is 47.3 Å². The summed E-state index contributed by atoms with van der Waals surface area (Å²) in [6.07, 6.45) is 1.81. The maximum Gasteiger partial charge on any atom is 0.258 e. The first-order valence-electron chi connectivity index (χ1n) is 10.2. The van der Waals surface area contributed by atoms with E-state index in [0.29, 0.717) is 46.9 Å². The molecule has 1 fully saturated rings. The number of carbonyl (C=O) groups is 1. The molecule has 1 aromatic heterocycles. The molecule has 2 aromatic carbocycles. The molecule has 0 saturated carbocycles. The number of hydrogen-bond donors (Lipinski definition) is 1. The fourth-order valence-corrected chi connectivity index (χ4v) is 3.80. The number of rotatable bonds is 7. The van der Waals surface area contributed by atoms with Crippen molar-refractivity contribution in [3.63, 3.8) is 0 Å². The minimum absolute atomic E-state index is 0.0451. The van der Waals surface area contributed by atoms with Crippen LogP contribution >= 0.6 is 0 Å². The zero-order valence-electron chi connectivity index (χ0n) is 17.6. The van der Waals surface area contributed by atoms with Crippen LogP contribution in [0.25, 0.3) is 10.9 Å². The molecule has 3 aromatic rings. The summed E-state index contributed by atoms with van der Waals surface area (Å²) in [5, 5.41) is 0.517. The Morgan fingerprint density at radius 1 is 1.19 bits per heavy atom. The summed E-state index contributed by atoms with van der Waals surface area (Å²) in [5.41, 5.74) is 0.826. The molecule has 31 heavy (non-hydrogen) atoms. The predicted octanol–water partition coefficient (Wildman–Crippen LogP) is 2.76.